The molecule has 3 heteroatoms. The minimum absolute atomic E-state index is 0.638. The highest BCUT2D eigenvalue weighted by atomic mass is 16.4. The first-order chi connectivity index (χ1) is 6.08. The van der Waals surface area contributed by atoms with Crippen LogP contribution < -0.4 is 5.73 Å². The summed E-state index contributed by atoms with van der Waals surface area (Å²) in [5.41, 5.74) is 4.88. The number of rotatable bonds is 2. The van der Waals surface area contributed by atoms with Gasteiger partial charge in [0.15, 0.2) is 0 Å². The summed E-state index contributed by atoms with van der Waals surface area (Å²) in [6.07, 6.45) is 5.50. The molecule has 3 N–H and O–H groups in total. The van der Waals surface area contributed by atoms with E-state index in [0.29, 0.717) is 18.8 Å². The Morgan fingerprint density at radius 1 is 1.54 bits per heavy atom. The van der Waals surface area contributed by atoms with Crippen LogP contribution in [0.3, 0.4) is 0 Å². The Balaban J connectivity index is 2.58. The standard InChI is InChI=1S/C10H19NO2/c1-2-8-4-3-6-10(11,7-5-8)9(12)13/h8H,2-7,11H2,1H3,(H,12,13)/t8-,10-/m0/s1. The average Bonchev–Trinajstić information content (AvgIpc) is 2.28. The van der Waals surface area contributed by atoms with E-state index < -0.39 is 11.5 Å². The fraction of sp³-hybridized carbons (Fsp3) is 0.900. The molecule has 76 valence electrons. The molecule has 1 rings (SSSR count). The zero-order valence-electron chi connectivity index (χ0n) is 8.25. The summed E-state index contributed by atoms with van der Waals surface area (Å²) in [6.45, 7) is 2.16. The third kappa shape index (κ3) is 2.44. The second-order valence-electron chi connectivity index (χ2n) is 4.17. The summed E-state index contributed by atoms with van der Waals surface area (Å²) in [4.78, 5) is 10.9. The van der Waals surface area contributed by atoms with Gasteiger partial charge in [0.1, 0.15) is 5.54 Å². The van der Waals surface area contributed by atoms with Crippen LogP contribution in [0.2, 0.25) is 0 Å². The van der Waals surface area contributed by atoms with Gasteiger partial charge in [-0.25, -0.2) is 0 Å². The predicted octanol–water partition coefficient (Wildman–Crippen LogP) is 1.76. The Labute approximate surface area is 79.3 Å². The lowest BCUT2D eigenvalue weighted by atomic mass is 9.91. The van der Waals surface area contributed by atoms with E-state index in [0.717, 1.165) is 25.7 Å². The van der Waals surface area contributed by atoms with Crippen molar-refractivity contribution in [2.75, 3.05) is 0 Å². The number of carbonyl (C=O) groups is 1. The van der Waals surface area contributed by atoms with Crippen LogP contribution in [0.4, 0.5) is 0 Å². The molecule has 0 unspecified atom stereocenters. The van der Waals surface area contributed by atoms with Gasteiger partial charge >= 0.3 is 5.97 Å². The Morgan fingerprint density at radius 3 is 2.77 bits per heavy atom. The third-order valence-electron chi connectivity index (χ3n) is 3.24. The summed E-state index contributed by atoms with van der Waals surface area (Å²) in [7, 11) is 0. The first kappa shape index (κ1) is 10.5. The van der Waals surface area contributed by atoms with Gasteiger partial charge in [0.2, 0.25) is 0 Å². The van der Waals surface area contributed by atoms with Gasteiger partial charge in [0, 0.05) is 0 Å². The molecular formula is C10H19NO2. The lowest BCUT2D eigenvalue weighted by molar-refractivity contribution is -0.143. The van der Waals surface area contributed by atoms with Crippen LogP contribution in [-0.2, 0) is 4.79 Å². The van der Waals surface area contributed by atoms with E-state index >= 15 is 0 Å². The zero-order valence-corrected chi connectivity index (χ0v) is 8.25. The van der Waals surface area contributed by atoms with Crippen molar-refractivity contribution in [3.63, 3.8) is 0 Å². The number of carboxylic acid groups (broad SMARTS) is 1. The van der Waals surface area contributed by atoms with E-state index in [4.69, 9.17) is 10.8 Å². The monoisotopic (exact) mass is 185 g/mol. The largest absolute Gasteiger partial charge is 0.480 e. The van der Waals surface area contributed by atoms with Crippen molar-refractivity contribution >= 4 is 5.97 Å². The molecule has 1 aliphatic carbocycles. The van der Waals surface area contributed by atoms with Crippen LogP contribution in [0.5, 0.6) is 0 Å². The summed E-state index contributed by atoms with van der Waals surface area (Å²) >= 11 is 0. The fourth-order valence-electron chi connectivity index (χ4n) is 2.06. The molecule has 1 saturated carbocycles. The zero-order chi connectivity index (χ0) is 9.90. The van der Waals surface area contributed by atoms with E-state index in [9.17, 15) is 4.79 Å². The smallest absolute Gasteiger partial charge is 0.323 e. The maximum atomic E-state index is 10.9. The number of aliphatic carboxylic acids is 1. The van der Waals surface area contributed by atoms with E-state index in [1.54, 1.807) is 0 Å². The molecule has 13 heavy (non-hydrogen) atoms. The minimum atomic E-state index is -0.941. The molecule has 1 fully saturated rings. The highest BCUT2D eigenvalue weighted by Gasteiger charge is 2.35. The molecule has 1 aliphatic rings. The topological polar surface area (TPSA) is 63.3 Å². The maximum absolute atomic E-state index is 10.9. The van der Waals surface area contributed by atoms with Gasteiger partial charge in [0.05, 0.1) is 0 Å². The first-order valence-electron chi connectivity index (χ1n) is 5.11. The van der Waals surface area contributed by atoms with Crippen molar-refractivity contribution < 1.29 is 9.90 Å². The van der Waals surface area contributed by atoms with Crippen molar-refractivity contribution in [1.82, 2.24) is 0 Å². The van der Waals surface area contributed by atoms with Crippen LogP contribution in [-0.4, -0.2) is 16.6 Å². The Hall–Kier alpha value is -0.570. The maximum Gasteiger partial charge on any atom is 0.323 e. The van der Waals surface area contributed by atoms with Gasteiger partial charge in [-0.2, -0.15) is 0 Å². The van der Waals surface area contributed by atoms with Crippen molar-refractivity contribution in [2.45, 2.75) is 51.0 Å². The van der Waals surface area contributed by atoms with Gasteiger partial charge in [-0.3, -0.25) is 4.79 Å². The summed E-state index contributed by atoms with van der Waals surface area (Å²) in [5.74, 6) is -0.144. The van der Waals surface area contributed by atoms with Crippen molar-refractivity contribution in [1.29, 1.82) is 0 Å². The molecule has 0 heterocycles. The second kappa shape index (κ2) is 4.09. The summed E-state index contributed by atoms with van der Waals surface area (Å²) in [6, 6.07) is 0. The lowest BCUT2D eigenvalue weighted by Crippen LogP contribution is -2.47. The molecule has 3 nitrogen and oxygen atoms in total. The molecule has 0 radical (unpaired) electrons. The van der Waals surface area contributed by atoms with E-state index in [2.05, 4.69) is 6.92 Å². The van der Waals surface area contributed by atoms with Gasteiger partial charge in [-0.05, 0) is 25.2 Å². The molecule has 0 saturated heterocycles. The van der Waals surface area contributed by atoms with Gasteiger partial charge in [-0.1, -0.05) is 26.2 Å². The Bertz CT molecular complexity index is 193. The third-order valence-corrected chi connectivity index (χ3v) is 3.24. The molecule has 0 amide bonds. The quantitative estimate of drug-likeness (QED) is 0.644. The number of carboxylic acids is 1. The second-order valence-corrected chi connectivity index (χ2v) is 4.17. The fourth-order valence-corrected chi connectivity index (χ4v) is 2.06. The highest BCUT2D eigenvalue weighted by Crippen LogP contribution is 2.30. The molecule has 0 aromatic rings. The number of hydrogen-bond acceptors (Lipinski definition) is 2. The predicted molar refractivity (Wildman–Crippen MR) is 51.4 cm³/mol. The number of hydrogen-bond donors (Lipinski definition) is 2. The van der Waals surface area contributed by atoms with Gasteiger partial charge in [0.25, 0.3) is 0 Å². The van der Waals surface area contributed by atoms with Crippen LogP contribution in [0.15, 0.2) is 0 Å². The molecule has 0 aliphatic heterocycles. The Morgan fingerprint density at radius 2 is 2.23 bits per heavy atom. The van der Waals surface area contributed by atoms with Crippen LogP contribution in [0, 0.1) is 5.92 Å². The number of nitrogens with two attached hydrogens (primary N) is 1. The highest BCUT2D eigenvalue weighted by molar-refractivity contribution is 5.78. The van der Waals surface area contributed by atoms with Crippen molar-refractivity contribution in [3.8, 4) is 0 Å². The normalized spacial score (nSPS) is 35.4. The average molecular weight is 185 g/mol. The van der Waals surface area contributed by atoms with Crippen LogP contribution in [0.1, 0.15) is 45.4 Å². The SMILES string of the molecule is CC[C@H]1CCC[C@@](N)(C(=O)O)CC1. The van der Waals surface area contributed by atoms with E-state index in [1.165, 1.54) is 0 Å². The lowest BCUT2D eigenvalue weighted by Gasteiger charge is -2.22. The molecule has 0 aromatic heterocycles. The molecule has 0 aromatic carbocycles. The van der Waals surface area contributed by atoms with E-state index in [1.807, 2.05) is 0 Å². The van der Waals surface area contributed by atoms with Crippen molar-refractivity contribution in [2.24, 2.45) is 11.7 Å². The van der Waals surface area contributed by atoms with Gasteiger partial charge < -0.3 is 10.8 Å². The first-order valence-corrected chi connectivity index (χ1v) is 5.11. The summed E-state index contributed by atoms with van der Waals surface area (Å²) in [5, 5.41) is 8.96. The molecule has 0 spiro atoms. The minimum Gasteiger partial charge on any atom is -0.480 e. The van der Waals surface area contributed by atoms with Gasteiger partial charge in [-0.15, -0.1) is 0 Å². The van der Waals surface area contributed by atoms with Crippen molar-refractivity contribution in [3.05, 3.63) is 0 Å². The molecular weight excluding hydrogens is 166 g/mol. The summed E-state index contributed by atoms with van der Waals surface area (Å²) < 4.78 is 0. The Kier molecular flexibility index (Phi) is 3.31. The van der Waals surface area contributed by atoms with E-state index in [-0.39, 0.29) is 0 Å². The molecule has 2 atom stereocenters. The van der Waals surface area contributed by atoms with Crippen LogP contribution >= 0.6 is 0 Å². The molecule has 0 bridgehead atoms. The van der Waals surface area contributed by atoms with Crippen LogP contribution in [0.25, 0.3) is 0 Å².